The molecule has 0 bridgehead atoms. The van der Waals surface area contributed by atoms with Crippen LogP contribution in [0, 0.1) is 0 Å². The summed E-state index contributed by atoms with van der Waals surface area (Å²) in [6.45, 7) is 0. The number of alkyl halides is 3. The summed E-state index contributed by atoms with van der Waals surface area (Å²) in [6.07, 6.45) is -4.79. The third kappa shape index (κ3) is 5.87. The third-order valence-corrected chi connectivity index (χ3v) is 7.87. The SMILES string of the molecule is O=c1oc2c(OS(=O)(=O)c3cccc(C(F)(F)F)c3)cccc2cc1N(c1ccc(-c2ccccc2)cc1)S(=O)[O-]. The quantitative estimate of drug-likeness (QED) is 0.124. The van der Waals surface area contributed by atoms with Crippen LogP contribution in [0.25, 0.3) is 22.1 Å². The fraction of sp³-hybridized carbons (Fsp3) is 0.0357. The lowest BCUT2D eigenvalue weighted by Gasteiger charge is -2.25. The lowest BCUT2D eigenvalue weighted by molar-refractivity contribution is -0.137. The molecule has 0 aliphatic carbocycles. The molecule has 0 spiro atoms. The molecule has 1 aromatic heterocycles. The minimum absolute atomic E-state index is 0.0905. The molecular formula is C28H17F3NO7S2-. The third-order valence-electron chi connectivity index (χ3n) is 5.93. The summed E-state index contributed by atoms with van der Waals surface area (Å²) >= 11 is -2.96. The van der Waals surface area contributed by atoms with Gasteiger partial charge in [0.1, 0.15) is 10.6 Å². The van der Waals surface area contributed by atoms with E-state index in [1.165, 1.54) is 30.3 Å². The van der Waals surface area contributed by atoms with Gasteiger partial charge >= 0.3 is 21.9 Å². The maximum Gasteiger partial charge on any atom is 0.416 e. The van der Waals surface area contributed by atoms with Gasteiger partial charge in [-0.2, -0.15) is 21.6 Å². The zero-order chi connectivity index (χ0) is 29.4. The number of para-hydroxylation sites is 1. The first-order chi connectivity index (χ1) is 19.4. The first-order valence-corrected chi connectivity index (χ1v) is 14.1. The van der Waals surface area contributed by atoms with Crippen molar-refractivity contribution in [1.29, 1.82) is 0 Å². The van der Waals surface area contributed by atoms with Crippen molar-refractivity contribution in [2.45, 2.75) is 11.1 Å². The van der Waals surface area contributed by atoms with Gasteiger partial charge in [0.2, 0.25) is 0 Å². The maximum absolute atomic E-state index is 13.1. The molecule has 1 heterocycles. The molecule has 1 atom stereocenters. The zero-order valence-electron chi connectivity index (χ0n) is 20.6. The number of anilines is 2. The van der Waals surface area contributed by atoms with E-state index in [-0.39, 0.29) is 16.7 Å². The van der Waals surface area contributed by atoms with Crippen LogP contribution in [0.15, 0.2) is 117 Å². The van der Waals surface area contributed by atoms with Crippen LogP contribution in [0.1, 0.15) is 5.56 Å². The number of hydrogen-bond donors (Lipinski definition) is 0. The van der Waals surface area contributed by atoms with E-state index in [1.54, 1.807) is 12.1 Å². The standard InChI is InChI=1S/C28H18F3NO7S2/c29-28(30,31)21-9-5-10-23(17-21)41(36,37)39-25-11-4-8-20-16-24(27(33)38-26(20)25)32(40(34)35)22-14-12-19(13-15-22)18-6-2-1-3-7-18/h1-17H,(H,34,35)/p-1. The molecule has 5 rings (SSSR count). The van der Waals surface area contributed by atoms with Gasteiger partial charge in [0.25, 0.3) is 0 Å². The number of halogens is 3. The molecule has 0 aliphatic heterocycles. The smallest absolute Gasteiger partial charge is 0.416 e. The maximum atomic E-state index is 13.1. The Morgan fingerprint density at radius 3 is 2.15 bits per heavy atom. The zero-order valence-corrected chi connectivity index (χ0v) is 22.2. The molecule has 0 saturated heterocycles. The van der Waals surface area contributed by atoms with Crippen molar-refractivity contribution in [3.63, 3.8) is 0 Å². The van der Waals surface area contributed by atoms with Gasteiger partial charge in [-0.15, -0.1) is 0 Å². The van der Waals surface area contributed by atoms with Gasteiger partial charge < -0.3 is 13.2 Å². The first kappa shape index (κ1) is 28.1. The van der Waals surface area contributed by atoms with E-state index in [0.29, 0.717) is 16.4 Å². The molecule has 8 nitrogen and oxygen atoms in total. The number of hydrogen-bond acceptors (Lipinski definition) is 7. The van der Waals surface area contributed by atoms with Crippen molar-refractivity contribution in [3.05, 3.63) is 119 Å². The van der Waals surface area contributed by atoms with E-state index < -0.39 is 55.1 Å². The van der Waals surface area contributed by atoms with E-state index in [1.807, 2.05) is 30.3 Å². The van der Waals surface area contributed by atoms with Gasteiger partial charge in [-0.05, 0) is 53.6 Å². The summed E-state index contributed by atoms with van der Waals surface area (Å²) in [5.41, 5.74) is -1.25. The largest absolute Gasteiger partial charge is 0.755 e. The van der Waals surface area contributed by atoms with E-state index in [2.05, 4.69) is 0 Å². The Morgan fingerprint density at radius 1 is 0.829 bits per heavy atom. The molecule has 5 aromatic rings. The Bertz CT molecular complexity index is 1930. The molecule has 41 heavy (non-hydrogen) atoms. The molecule has 4 aromatic carbocycles. The Labute approximate surface area is 233 Å². The molecule has 0 saturated carbocycles. The summed E-state index contributed by atoms with van der Waals surface area (Å²) in [5.74, 6) is -0.481. The first-order valence-electron chi connectivity index (χ1n) is 11.7. The fourth-order valence-electron chi connectivity index (χ4n) is 4.03. The summed E-state index contributed by atoms with van der Waals surface area (Å²) < 4.78 is 100. The van der Waals surface area contributed by atoms with Crippen LogP contribution in [0.3, 0.4) is 0 Å². The highest BCUT2D eigenvalue weighted by molar-refractivity contribution is 7.87. The highest BCUT2D eigenvalue weighted by Gasteiger charge is 2.32. The van der Waals surface area contributed by atoms with Gasteiger partial charge in [0.05, 0.1) is 22.5 Å². The summed E-state index contributed by atoms with van der Waals surface area (Å²) in [6, 6.07) is 23.7. The van der Waals surface area contributed by atoms with E-state index in [0.717, 1.165) is 29.3 Å². The van der Waals surface area contributed by atoms with E-state index in [9.17, 15) is 35.1 Å². The summed E-state index contributed by atoms with van der Waals surface area (Å²) in [7, 11) is -4.78. The average molecular weight is 601 g/mol. The molecule has 1 unspecified atom stereocenters. The highest BCUT2D eigenvalue weighted by atomic mass is 32.2. The lowest BCUT2D eigenvalue weighted by atomic mass is 10.1. The van der Waals surface area contributed by atoms with E-state index in [4.69, 9.17) is 8.60 Å². The van der Waals surface area contributed by atoms with Crippen LogP contribution in [0.5, 0.6) is 5.75 Å². The van der Waals surface area contributed by atoms with Crippen molar-refractivity contribution in [3.8, 4) is 16.9 Å². The van der Waals surface area contributed by atoms with Gasteiger partial charge in [-0.25, -0.2) is 4.79 Å². The Balaban J connectivity index is 1.52. The van der Waals surface area contributed by atoms with Crippen LogP contribution in [-0.2, 0) is 27.6 Å². The van der Waals surface area contributed by atoms with Crippen molar-refractivity contribution in [2.75, 3.05) is 4.31 Å². The monoisotopic (exact) mass is 600 g/mol. The van der Waals surface area contributed by atoms with Gasteiger partial charge in [-0.1, -0.05) is 60.7 Å². The molecule has 0 amide bonds. The molecule has 13 heteroatoms. The fourth-order valence-corrected chi connectivity index (χ4v) is 5.60. The predicted molar refractivity (Wildman–Crippen MR) is 145 cm³/mol. The van der Waals surface area contributed by atoms with Crippen LogP contribution in [-0.4, -0.2) is 17.2 Å². The van der Waals surface area contributed by atoms with Crippen molar-refractivity contribution >= 4 is 43.7 Å². The molecule has 0 aliphatic rings. The number of benzene rings is 4. The van der Waals surface area contributed by atoms with Crippen LogP contribution >= 0.6 is 0 Å². The second-order valence-corrected chi connectivity index (χ2v) is 10.9. The van der Waals surface area contributed by atoms with Gasteiger partial charge in [-0.3, -0.25) is 8.51 Å². The van der Waals surface area contributed by atoms with Crippen molar-refractivity contribution < 1.29 is 39.0 Å². The van der Waals surface area contributed by atoms with Gasteiger partial charge in [0.15, 0.2) is 11.3 Å². The second kappa shape index (κ2) is 10.8. The van der Waals surface area contributed by atoms with Crippen LogP contribution < -0.4 is 14.1 Å². The normalized spacial score (nSPS) is 12.7. The highest BCUT2D eigenvalue weighted by Crippen LogP contribution is 2.34. The summed E-state index contributed by atoms with van der Waals surface area (Å²) in [4.78, 5) is 12.2. The Hall–Kier alpha value is -4.46. The topological polar surface area (TPSA) is 117 Å². The minimum Gasteiger partial charge on any atom is -0.755 e. The van der Waals surface area contributed by atoms with Crippen molar-refractivity contribution in [2.24, 2.45) is 0 Å². The molecule has 0 fully saturated rings. The minimum atomic E-state index is -4.79. The van der Waals surface area contributed by atoms with Crippen LogP contribution in [0.4, 0.5) is 24.5 Å². The number of fused-ring (bicyclic) bond motifs is 1. The van der Waals surface area contributed by atoms with Crippen molar-refractivity contribution in [1.82, 2.24) is 0 Å². The van der Waals surface area contributed by atoms with Crippen LogP contribution in [0.2, 0.25) is 0 Å². The second-order valence-electron chi connectivity index (χ2n) is 8.58. The van der Waals surface area contributed by atoms with Gasteiger partial charge in [0, 0.05) is 5.39 Å². The average Bonchev–Trinajstić information content (AvgIpc) is 2.94. The molecule has 0 N–H and O–H groups in total. The number of rotatable bonds is 7. The molecular weight excluding hydrogens is 583 g/mol. The molecule has 0 radical (unpaired) electrons. The molecule has 210 valence electrons. The van der Waals surface area contributed by atoms with E-state index >= 15 is 0 Å². The Kier molecular flexibility index (Phi) is 7.43. The predicted octanol–water partition coefficient (Wildman–Crippen LogP) is 6.18. The Morgan fingerprint density at radius 2 is 1.49 bits per heavy atom. The lowest BCUT2D eigenvalue weighted by Crippen LogP contribution is -2.25. The number of nitrogens with zero attached hydrogens (tertiary/aromatic N) is 1. The summed E-state index contributed by atoms with van der Waals surface area (Å²) in [5, 5.41) is 0.0905.